The Kier molecular flexibility index (Phi) is 5.27. The molecule has 1 N–H and O–H groups in total. The minimum absolute atomic E-state index is 0.177. The van der Waals surface area contributed by atoms with E-state index in [-0.39, 0.29) is 6.09 Å². The van der Waals surface area contributed by atoms with E-state index in [1.807, 2.05) is 25.7 Å². The smallest absolute Gasteiger partial charge is 0.410 e. The molecule has 2 aliphatic rings. The van der Waals surface area contributed by atoms with E-state index in [4.69, 9.17) is 9.47 Å². The molecule has 116 valence electrons. The normalized spacial score (nSPS) is 27.1. The first-order valence-corrected chi connectivity index (χ1v) is 7.70. The average molecular weight is 284 g/mol. The molecule has 5 nitrogen and oxygen atoms in total. The number of carbonyl (C=O) groups is 1. The van der Waals surface area contributed by atoms with Crippen LogP contribution in [0.1, 0.15) is 33.6 Å². The molecule has 0 aromatic carbocycles. The number of likely N-dealkylation sites (tertiary alicyclic amines) is 1. The van der Waals surface area contributed by atoms with Crippen LogP contribution >= 0.6 is 0 Å². The van der Waals surface area contributed by atoms with Crippen LogP contribution in [0, 0.1) is 11.8 Å². The van der Waals surface area contributed by atoms with Crippen molar-refractivity contribution in [2.24, 2.45) is 11.8 Å². The lowest BCUT2D eigenvalue weighted by Crippen LogP contribution is -2.36. The van der Waals surface area contributed by atoms with E-state index in [1.54, 1.807) is 0 Å². The monoisotopic (exact) mass is 284 g/mol. The Morgan fingerprint density at radius 2 is 2.05 bits per heavy atom. The second-order valence-corrected chi connectivity index (χ2v) is 6.97. The number of hydrogen-bond acceptors (Lipinski definition) is 4. The predicted octanol–water partition coefficient (Wildman–Crippen LogP) is 1.87. The lowest BCUT2D eigenvalue weighted by molar-refractivity contribution is 0.0288. The zero-order valence-electron chi connectivity index (χ0n) is 13.0. The van der Waals surface area contributed by atoms with E-state index in [0.29, 0.717) is 11.8 Å². The Morgan fingerprint density at radius 3 is 2.70 bits per heavy atom. The Morgan fingerprint density at radius 1 is 1.30 bits per heavy atom. The van der Waals surface area contributed by atoms with Crippen molar-refractivity contribution in [1.82, 2.24) is 10.2 Å². The van der Waals surface area contributed by atoms with Crippen molar-refractivity contribution < 1.29 is 14.3 Å². The summed E-state index contributed by atoms with van der Waals surface area (Å²) in [5.74, 6) is 1.21. The highest BCUT2D eigenvalue weighted by molar-refractivity contribution is 5.68. The second-order valence-electron chi connectivity index (χ2n) is 6.97. The van der Waals surface area contributed by atoms with Crippen LogP contribution in [0.2, 0.25) is 0 Å². The second kappa shape index (κ2) is 6.76. The van der Waals surface area contributed by atoms with Gasteiger partial charge in [-0.15, -0.1) is 0 Å². The quantitative estimate of drug-likeness (QED) is 0.856. The molecule has 2 fully saturated rings. The minimum Gasteiger partial charge on any atom is -0.444 e. The van der Waals surface area contributed by atoms with Crippen LogP contribution in [0.25, 0.3) is 0 Å². The van der Waals surface area contributed by atoms with Crippen molar-refractivity contribution in [3.8, 4) is 0 Å². The van der Waals surface area contributed by atoms with Crippen LogP contribution in [0.5, 0.6) is 0 Å². The van der Waals surface area contributed by atoms with Crippen LogP contribution < -0.4 is 5.32 Å². The molecule has 0 aromatic heterocycles. The van der Waals surface area contributed by atoms with Crippen LogP contribution in [0.3, 0.4) is 0 Å². The molecule has 0 bridgehead atoms. The summed E-state index contributed by atoms with van der Waals surface area (Å²) in [6.45, 7) is 11.1. The van der Waals surface area contributed by atoms with Gasteiger partial charge in [-0.1, -0.05) is 0 Å². The Bertz CT molecular complexity index is 322. The third-order valence-electron chi connectivity index (χ3n) is 3.83. The summed E-state index contributed by atoms with van der Waals surface area (Å²) in [7, 11) is 0. The maximum atomic E-state index is 12.0. The van der Waals surface area contributed by atoms with Crippen LogP contribution in [-0.2, 0) is 9.47 Å². The van der Waals surface area contributed by atoms with Crippen molar-refractivity contribution in [3.05, 3.63) is 0 Å². The number of carbonyl (C=O) groups excluding carboxylic acids is 1. The van der Waals surface area contributed by atoms with Crippen molar-refractivity contribution in [3.63, 3.8) is 0 Å². The largest absolute Gasteiger partial charge is 0.444 e. The first-order valence-electron chi connectivity index (χ1n) is 7.70. The van der Waals surface area contributed by atoms with Crippen LogP contribution in [0.4, 0.5) is 4.79 Å². The van der Waals surface area contributed by atoms with Gasteiger partial charge in [-0.2, -0.15) is 0 Å². The van der Waals surface area contributed by atoms with Gasteiger partial charge >= 0.3 is 6.09 Å². The molecule has 0 aromatic rings. The fraction of sp³-hybridized carbons (Fsp3) is 0.933. The summed E-state index contributed by atoms with van der Waals surface area (Å²) in [4.78, 5) is 13.8. The van der Waals surface area contributed by atoms with Gasteiger partial charge in [-0.3, -0.25) is 0 Å². The van der Waals surface area contributed by atoms with E-state index >= 15 is 0 Å². The zero-order valence-corrected chi connectivity index (χ0v) is 13.0. The third kappa shape index (κ3) is 4.94. The molecule has 5 heteroatoms. The van der Waals surface area contributed by atoms with Gasteiger partial charge in [-0.05, 0) is 52.0 Å². The van der Waals surface area contributed by atoms with Gasteiger partial charge < -0.3 is 19.7 Å². The lowest BCUT2D eigenvalue weighted by atomic mass is 10.1. The van der Waals surface area contributed by atoms with Gasteiger partial charge in [0.2, 0.25) is 0 Å². The Hall–Kier alpha value is -0.810. The van der Waals surface area contributed by atoms with E-state index < -0.39 is 5.60 Å². The maximum absolute atomic E-state index is 12.0. The van der Waals surface area contributed by atoms with E-state index in [0.717, 1.165) is 45.8 Å². The van der Waals surface area contributed by atoms with E-state index in [9.17, 15) is 4.79 Å². The molecule has 2 aliphatic heterocycles. The van der Waals surface area contributed by atoms with Gasteiger partial charge in [0.15, 0.2) is 0 Å². The third-order valence-corrected chi connectivity index (χ3v) is 3.83. The fourth-order valence-corrected chi connectivity index (χ4v) is 2.73. The topological polar surface area (TPSA) is 50.8 Å². The average Bonchev–Trinajstić information content (AvgIpc) is 2.97. The summed E-state index contributed by atoms with van der Waals surface area (Å²) in [6.07, 6.45) is 2.05. The van der Waals surface area contributed by atoms with Gasteiger partial charge in [0, 0.05) is 26.2 Å². The number of nitrogens with one attached hydrogen (secondary N) is 1. The standard InChI is InChI=1S/C15H28N2O3/c1-15(2,3)20-14(18)17-6-4-12(10-17)8-16-9-13-5-7-19-11-13/h12-13,16H,4-11H2,1-3H3. The molecule has 0 radical (unpaired) electrons. The highest BCUT2D eigenvalue weighted by atomic mass is 16.6. The van der Waals surface area contributed by atoms with Gasteiger partial charge in [-0.25, -0.2) is 4.79 Å². The van der Waals surface area contributed by atoms with Gasteiger partial charge in [0.25, 0.3) is 0 Å². The van der Waals surface area contributed by atoms with Crippen LogP contribution in [-0.4, -0.2) is 56.0 Å². The molecular weight excluding hydrogens is 256 g/mol. The van der Waals surface area contributed by atoms with Gasteiger partial charge in [0.05, 0.1) is 6.61 Å². The molecule has 2 heterocycles. The Labute approximate surface area is 122 Å². The number of rotatable bonds is 4. The van der Waals surface area contributed by atoms with Crippen molar-refractivity contribution >= 4 is 6.09 Å². The minimum atomic E-state index is -0.407. The highest BCUT2D eigenvalue weighted by Gasteiger charge is 2.29. The zero-order chi connectivity index (χ0) is 14.6. The Balaban J connectivity index is 1.63. The fourth-order valence-electron chi connectivity index (χ4n) is 2.73. The summed E-state index contributed by atoms with van der Waals surface area (Å²) < 4.78 is 10.8. The number of amides is 1. The summed E-state index contributed by atoms with van der Waals surface area (Å²) in [6, 6.07) is 0. The molecule has 1 amide bonds. The van der Waals surface area contributed by atoms with E-state index in [1.165, 1.54) is 6.42 Å². The highest BCUT2D eigenvalue weighted by Crippen LogP contribution is 2.19. The summed E-state index contributed by atoms with van der Waals surface area (Å²) in [5.41, 5.74) is -0.407. The molecule has 2 rings (SSSR count). The molecule has 2 atom stereocenters. The number of nitrogens with zero attached hydrogens (tertiary/aromatic N) is 1. The van der Waals surface area contributed by atoms with Gasteiger partial charge in [0.1, 0.15) is 5.60 Å². The summed E-state index contributed by atoms with van der Waals surface area (Å²) in [5, 5.41) is 3.52. The van der Waals surface area contributed by atoms with Crippen LogP contribution in [0.15, 0.2) is 0 Å². The first-order chi connectivity index (χ1) is 9.44. The molecule has 0 saturated carbocycles. The predicted molar refractivity (Wildman–Crippen MR) is 77.7 cm³/mol. The molecule has 20 heavy (non-hydrogen) atoms. The molecule has 0 spiro atoms. The molecular formula is C15H28N2O3. The molecule has 2 saturated heterocycles. The first kappa shape index (κ1) is 15.6. The SMILES string of the molecule is CC(C)(C)OC(=O)N1CCC(CNCC2CCOC2)C1. The summed E-state index contributed by atoms with van der Waals surface area (Å²) >= 11 is 0. The number of hydrogen-bond donors (Lipinski definition) is 1. The maximum Gasteiger partial charge on any atom is 0.410 e. The van der Waals surface area contributed by atoms with Crippen molar-refractivity contribution in [2.75, 3.05) is 39.4 Å². The lowest BCUT2D eigenvalue weighted by Gasteiger charge is -2.24. The van der Waals surface area contributed by atoms with E-state index in [2.05, 4.69) is 5.32 Å². The van der Waals surface area contributed by atoms with Crippen molar-refractivity contribution in [2.45, 2.75) is 39.2 Å². The van der Waals surface area contributed by atoms with Crippen molar-refractivity contribution in [1.29, 1.82) is 0 Å². The molecule has 0 aliphatic carbocycles. The molecule has 2 unspecified atom stereocenters. The number of ether oxygens (including phenoxy) is 2.